The Morgan fingerprint density at radius 1 is 1.07 bits per heavy atom. The lowest BCUT2D eigenvalue weighted by molar-refractivity contribution is -0.111. The van der Waals surface area contributed by atoms with Crippen molar-refractivity contribution < 1.29 is 14.3 Å². The maximum atomic E-state index is 12.3. The van der Waals surface area contributed by atoms with E-state index in [2.05, 4.69) is 15.3 Å². The fourth-order valence-electron chi connectivity index (χ4n) is 2.87. The number of hydrogen-bond donors (Lipinski definition) is 1. The van der Waals surface area contributed by atoms with Crippen molar-refractivity contribution in [3.8, 4) is 11.5 Å². The van der Waals surface area contributed by atoms with Gasteiger partial charge < -0.3 is 9.47 Å². The SMILES string of the molecule is Cc1nc2ccc3nc(NC(=O)/C=C/c4ccc5c(c4)OCO5)sc3c2s1. The van der Waals surface area contributed by atoms with Gasteiger partial charge in [0.1, 0.15) is 0 Å². The number of benzene rings is 2. The van der Waals surface area contributed by atoms with Gasteiger partial charge >= 0.3 is 0 Å². The smallest absolute Gasteiger partial charge is 0.250 e. The monoisotopic (exact) mass is 395 g/mol. The first-order valence-corrected chi connectivity index (χ1v) is 9.84. The molecule has 1 N–H and O–H groups in total. The van der Waals surface area contributed by atoms with Crippen LogP contribution in [0.2, 0.25) is 0 Å². The molecule has 2 aromatic heterocycles. The Hall–Kier alpha value is -2.97. The van der Waals surface area contributed by atoms with Gasteiger partial charge in [-0.3, -0.25) is 10.1 Å². The molecule has 2 aromatic carbocycles. The summed E-state index contributed by atoms with van der Waals surface area (Å²) in [6.45, 7) is 2.22. The average Bonchev–Trinajstić information content (AvgIpc) is 3.35. The van der Waals surface area contributed by atoms with Crippen LogP contribution in [0.25, 0.3) is 26.5 Å². The number of aromatic nitrogens is 2. The molecule has 0 atom stereocenters. The second kappa shape index (κ2) is 6.33. The van der Waals surface area contributed by atoms with Gasteiger partial charge in [0.15, 0.2) is 16.6 Å². The number of carbonyl (C=O) groups is 1. The second-order valence-electron chi connectivity index (χ2n) is 5.95. The molecule has 0 fully saturated rings. The first kappa shape index (κ1) is 16.2. The van der Waals surface area contributed by atoms with E-state index >= 15 is 0 Å². The molecule has 3 heterocycles. The Morgan fingerprint density at radius 3 is 2.74 bits per heavy atom. The van der Waals surface area contributed by atoms with Crippen molar-refractivity contribution in [2.45, 2.75) is 6.92 Å². The van der Waals surface area contributed by atoms with Crippen molar-refractivity contribution in [1.29, 1.82) is 0 Å². The molecule has 0 spiro atoms. The third-order valence-electron chi connectivity index (χ3n) is 4.07. The van der Waals surface area contributed by atoms with E-state index in [1.807, 2.05) is 37.3 Å². The van der Waals surface area contributed by atoms with Crippen LogP contribution in [-0.2, 0) is 4.79 Å². The Balaban J connectivity index is 1.36. The van der Waals surface area contributed by atoms with Gasteiger partial charge in [0.2, 0.25) is 12.7 Å². The zero-order chi connectivity index (χ0) is 18.4. The molecule has 0 saturated heterocycles. The Morgan fingerprint density at radius 2 is 1.85 bits per heavy atom. The van der Waals surface area contributed by atoms with Crippen LogP contribution < -0.4 is 14.8 Å². The fourth-order valence-corrected chi connectivity index (χ4v) is 4.88. The molecular weight excluding hydrogens is 382 g/mol. The predicted octanol–water partition coefficient (Wildman–Crippen LogP) is 4.60. The number of thiazole rings is 2. The van der Waals surface area contributed by atoms with E-state index in [9.17, 15) is 4.79 Å². The molecule has 0 bridgehead atoms. The highest BCUT2D eigenvalue weighted by Crippen LogP contribution is 2.36. The number of ether oxygens (including phenoxy) is 2. The lowest BCUT2D eigenvalue weighted by Crippen LogP contribution is -2.07. The summed E-state index contributed by atoms with van der Waals surface area (Å²) in [6, 6.07) is 9.44. The Bertz CT molecular complexity index is 1230. The lowest BCUT2D eigenvalue weighted by atomic mass is 10.2. The number of rotatable bonds is 3. The molecule has 0 unspecified atom stereocenters. The van der Waals surface area contributed by atoms with E-state index < -0.39 is 0 Å². The molecule has 1 aliphatic heterocycles. The number of carbonyl (C=O) groups excluding carboxylic acids is 1. The number of amides is 1. The summed E-state index contributed by atoms with van der Waals surface area (Å²) < 4.78 is 12.8. The molecule has 6 nitrogen and oxygen atoms in total. The van der Waals surface area contributed by atoms with Gasteiger partial charge in [-0.25, -0.2) is 9.97 Å². The molecule has 1 amide bonds. The van der Waals surface area contributed by atoms with Crippen LogP contribution >= 0.6 is 22.7 Å². The largest absolute Gasteiger partial charge is 0.454 e. The van der Waals surface area contributed by atoms with Crippen molar-refractivity contribution in [2.24, 2.45) is 0 Å². The normalized spacial score (nSPS) is 13.1. The maximum absolute atomic E-state index is 12.3. The number of nitrogens with one attached hydrogen (secondary N) is 1. The summed E-state index contributed by atoms with van der Waals surface area (Å²) in [7, 11) is 0. The highest BCUT2D eigenvalue weighted by atomic mass is 32.1. The van der Waals surface area contributed by atoms with E-state index in [4.69, 9.17) is 9.47 Å². The van der Waals surface area contributed by atoms with Crippen LogP contribution in [0.15, 0.2) is 36.4 Å². The summed E-state index contributed by atoms with van der Waals surface area (Å²) in [5, 5.41) is 4.43. The van der Waals surface area contributed by atoms with Crippen LogP contribution in [0.5, 0.6) is 11.5 Å². The molecule has 0 aliphatic carbocycles. The van der Waals surface area contributed by atoms with E-state index in [1.54, 1.807) is 17.4 Å². The van der Waals surface area contributed by atoms with Crippen molar-refractivity contribution in [2.75, 3.05) is 12.1 Å². The number of anilines is 1. The number of aryl methyl sites for hydroxylation is 1. The van der Waals surface area contributed by atoms with Gasteiger partial charge in [0, 0.05) is 6.08 Å². The van der Waals surface area contributed by atoms with Crippen LogP contribution in [0.4, 0.5) is 5.13 Å². The van der Waals surface area contributed by atoms with Gasteiger partial charge in [0.05, 0.1) is 25.4 Å². The molecule has 0 saturated carbocycles. The van der Waals surface area contributed by atoms with Crippen LogP contribution in [0, 0.1) is 6.92 Å². The van der Waals surface area contributed by atoms with Gasteiger partial charge in [-0.2, -0.15) is 0 Å². The zero-order valence-electron chi connectivity index (χ0n) is 14.2. The van der Waals surface area contributed by atoms with Gasteiger partial charge in [-0.15, -0.1) is 11.3 Å². The van der Waals surface area contributed by atoms with E-state index in [-0.39, 0.29) is 12.7 Å². The quantitative estimate of drug-likeness (QED) is 0.514. The average molecular weight is 395 g/mol. The van der Waals surface area contributed by atoms with Crippen LogP contribution in [-0.4, -0.2) is 22.7 Å². The van der Waals surface area contributed by atoms with Crippen molar-refractivity contribution in [1.82, 2.24) is 9.97 Å². The third-order valence-corrected chi connectivity index (χ3v) is 6.21. The minimum absolute atomic E-state index is 0.229. The maximum Gasteiger partial charge on any atom is 0.250 e. The van der Waals surface area contributed by atoms with Gasteiger partial charge in [-0.1, -0.05) is 17.4 Å². The Kier molecular flexibility index (Phi) is 3.80. The number of nitrogens with zero attached hydrogens (tertiary/aromatic N) is 2. The van der Waals surface area contributed by atoms with E-state index in [0.29, 0.717) is 10.9 Å². The fraction of sp³-hybridized carbons (Fsp3) is 0.105. The van der Waals surface area contributed by atoms with Gasteiger partial charge in [-0.05, 0) is 42.8 Å². The minimum Gasteiger partial charge on any atom is -0.454 e. The van der Waals surface area contributed by atoms with Crippen LogP contribution in [0.3, 0.4) is 0 Å². The minimum atomic E-state index is -0.233. The topological polar surface area (TPSA) is 73.3 Å². The number of fused-ring (bicyclic) bond motifs is 4. The summed E-state index contributed by atoms with van der Waals surface area (Å²) >= 11 is 3.10. The lowest BCUT2D eigenvalue weighted by Gasteiger charge is -1.98. The van der Waals surface area contributed by atoms with Crippen molar-refractivity contribution in [3.63, 3.8) is 0 Å². The molecule has 27 heavy (non-hydrogen) atoms. The third kappa shape index (κ3) is 3.02. The molecule has 5 rings (SSSR count). The highest BCUT2D eigenvalue weighted by molar-refractivity contribution is 7.28. The van der Waals surface area contributed by atoms with Gasteiger partial charge in [0.25, 0.3) is 0 Å². The molecule has 4 aromatic rings. The first-order chi connectivity index (χ1) is 13.2. The molecule has 134 valence electrons. The molecule has 8 heteroatoms. The number of hydrogen-bond acceptors (Lipinski definition) is 7. The summed E-state index contributed by atoms with van der Waals surface area (Å²) in [5.74, 6) is 1.17. The van der Waals surface area contributed by atoms with Crippen molar-refractivity contribution in [3.05, 3.63) is 47.0 Å². The molecule has 1 aliphatic rings. The summed E-state index contributed by atoms with van der Waals surface area (Å²) in [5.41, 5.74) is 2.70. The summed E-state index contributed by atoms with van der Waals surface area (Å²) in [4.78, 5) is 21.3. The van der Waals surface area contributed by atoms with Crippen molar-refractivity contribution >= 4 is 60.2 Å². The highest BCUT2D eigenvalue weighted by Gasteiger charge is 2.13. The predicted molar refractivity (Wildman–Crippen MR) is 108 cm³/mol. The first-order valence-electron chi connectivity index (χ1n) is 8.21. The standard InChI is InChI=1S/C19H13N3O3S2/c1-10-20-12-4-5-13-18(17(12)26-10)27-19(21-13)22-16(23)7-3-11-2-6-14-15(8-11)25-9-24-14/h2-8H,9H2,1H3,(H,21,22,23)/b7-3+. The molecule has 0 radical (unpaired) electrons. The zero-order valence-corrected chi connectivity index (χ0v) is 15.8. The summed E-state index contributed by atoms with van der Waals surface area (Å²) in [6.07, 6.45) is 3.21. The van der Waals surface area contributed by atoms with Crippen LogP contribution in [0.1, 0.15) is 10.6 Å². The van der Waals surface area contributed by atoms with E-state index in [0.717, 1.165) is 36.8 Å². The Labute approximate surface area is 162 Å². The second-order valence-corrected chi connectivity index (χ2v) is 8.15. The molecular formula is C19H13N3O3S2. The van der Waals surface area contributed by atoms with E-state index in [1.165, 1.54) is 17.4 Å².